The van der Waals surface area contributed by atoms with Gasteiger partial charge in [0.25, 0.3) is 11.5 Å². The van der Waals surface area contributed by atoms with E-state index in [9.17, 15) is 22.8 Å². The Bertz CT molecular complexity index is 1590. The fraction of sp³-hybridized carbons (Fsp3) is 0.240. The molecule has 1 aliphatic heterocycles. The van der Waals surface area contributed by atoms with E-state index in [1.807, 2.05) is 6.07 Å². The van der Waals surface area contributed by atoms with Crippen molar-refractivity contribution >= 4 is 40.6 Å². The van der Waals surface area contributed by atoms with Crippen LogP contribution < -0.4 is 16.2 Å². The number of carbonyl (C=O) groups excluding carboxylic acids is 1. The number of halogens is 5. The lowest BCUT2D eigenvalue weighted by molar-refractivity contribution is -0.173. The molecule has 0 unspecified atom stereocenters. The largest absolute Gasteiger partial charge is 0.410 e. The highest BCUT2D eigenvalue weighted by atomic mass is 35.5. The van der Waals surface area contributed by atoms with Gasteiger partial charge >= 0.3 is 6.18 Å². The molecular formula is C25H21Cl2F3N6O2. The number of aromatic nitrogens is 4. The van der Waals surface area contributed by atoms with E-state index in [2.05, 4.69) is 15.7 Å². The minimum Gasteiger partial charge on any atom is -0.363 e. The predicted octanol–water partition coefficient (Wildman–Crippen LogP) is 5.90. The highest BCUT2D eigenvalue weighted by molar-refractivity contribution is 6.42. The van der Waals surface area contributed by atoms with Crippen LogP contribution in [0, 0.1) is 6.92 Å². The highest BCUT2D eigenvalue weighted by Gasteiger charge is 2.47. The summed E-state index contributed by atoms with van der Waals surface area (Å²) in [4.78, 5) is 26.2. The monoisotopic (exact) mass is 564 g/mol. The molecule has 0 saturated heterocycles. The smallest absolute Gasteiger partial charge is 0.363 e. The lowest BCUT2D eigenvalue weighted by atomic mass is 9.97. The number of benzene rings is 2. The molecule has 2 N–H and O–H groups in total. The normalized spacial score (nSPS) is 17.1. The van der Waals surface area contributed by atoms with Crippen LogP contribution in [0.15, 0.2) is 59.4 Å². The molecule has 4 aromatic rings. The maximum atomic E-state index is 14.0. The molecule has 1 aliphatic rings. The molecule has 1 amide bonds. The van der Waals surface area contributed by atoms with Crippen LogP contribution >= 0.6 is 23.2 Å². The van der Waals surface area contributed by atoms with E-state index in [1.165, 1.54) is 22.9 Å². The molecule has 2 atom stereocenters. The average Bonchev–Trinajstić information content (AvgIpc) is 3.40. The third kappa shape index (κ3) is 4.56. The van der Waals surface area contributed by atoms with Crippen LogP contribution in [0.3, 0.4) is 0 Å². The summed E-state index contributed by atoms with van der Waals surface area (Å²) in [5.74, 6) is -0.807. The number of nitrogens with zero attached hydrogens (tertiary/aromatic N) is 4. The van der Waals surface area contributed by atoms with Crippen LogP contribution in [-0.4, -0.2) is 31.2 Å². The number of hydrogen-bond donors (Lipinski definition) is 2. The second-order valence-corrected chi connectivity index (χ2v) is 9.73. The molecule has 0 aliphatic carbocycles. The number of carbonyl (C=O) groups is 1. The van der Waals surface area contributed by atoms with Gasteiger partial charge in [0, 0.05) is 19.5 Å². The second-order valence-electron chi connectivity index (χ2n) is 8.91. The van der Waals surface area contributed by atoms with Crippen molar-refractivity contribution in [2.24, 2.45) is 7.05 Å². The van der Waals surface area contributed by atoms with Crippen LogP contribution in [0.2, 0.25) is 10.0 Å². The molecule has 5 rings (SSSR count). The molecule has 0 spiro atoms. The van der Waals surface area contributed by atoms with Gasteiger partial charge in [-0.05, 0) is 36.8 Å². The first-order chi connectivity index (χ1) is 18.0. The van der Waals surface area contributed by atoms with E-state index in [4.69, 9.17) is 23.2 Å². The molecule has 0 radical (unpaired) electrons. The van der Waals surface area contributed by atoms with E-state index >= 15 is 0 Å². The first-order valence-electron chi connectivity index (χ1n) is 11.5. The zero-order valence-electron chi connectivity index (χ0n) is 20.1. The standard InChI is InChI=1S/C25H21Cl2F3N6O2/c1-13-22(24(38)36(34(13)2)15-6-4-3-5-7-15)32-23(37)19-12-21-31-18(14-8-9-16(26)17(27)10-14)11-20(25(28,29)30)35(21)33-19/h3-10,12,18,20,31H,11H2,1-2H3,(H,32,37)/t18-,20+/m1/s1. The summed E-state index contributed by atoms with van der Waals surface area (Å²) in [6.45, 7) is 1.65. The Morgan fingerprint density at radius 3 is 2.47 bits per heavy atom. The number of rotatable bonds is 4. The van der Waals surface area contributed by atoms with Gasteiger partial charge in [-0.2, -0.15) is 18.3 Å². The fourth-order valence-corrected chi connectivity index (χ4v) is 4.83. The van der Waals surface area contributed by atoms with Crippen molar-refractivity contribution < 1.29 is 18.0 Å². The van der Waals surface area contributed by atoms with Gasteiger partial charge in [-0.25, -0.2) is 9.36 Å². The molecule has 13 heteroatoms. The highest BCUT2D eigenvalue weighted by Crippen LogP contribution is 2.44. The molecule has 3 heterocycles. The zero-order chi connectivity index (χ0) is 27.4. The van der Waals surface area contributed by atoms with Gasteiger partial charge in [0.05, 0.1) is 27.5 Å². The molecule has 38 heavy (non-hydrogen) atoms. The third-order valence-electron chi connectivity index (χ3n) is 6.56. The van der Waals surface area contributed by atoms with E-state index in [0.717, 1.165) is 4.68 Å². The summed E-state index contributed by atoms with van der Waals surface area (Å²) in [5.41, 5.74) is 0.800. The second kappa shape index (κ2) is 9.55. The number of anilines is 2. The number of fused-ring (bicyclic) bond motifs is 1. The van der Waals surface area contributed by atoms with E-state index < -0.39 is 29.7 Å². The molecule has 2 aromatic heterocycles. The maximum Gasteiger partial charge on any atom is 0.410 e. The Balaban J connectivity index is 1.47. The molecule has 198 valence electrons. The van der Waals surface area contributed by atoms with E-state index in [0.29, 0.717) is 16.9 Å². The van der Waals surface area contributed by atoms with Crippen molar-refractivity contribution in [3.05, 3.63) is 91.9 Å². The summed E-state index contributed by atoms with van der Waals surface area (Å²) in [6, 6.07) is 11.9. The number of alkyl halides is 3. The van der Waals surface area contributed by atoms with Crippen molar-refractivity contribution in [1.82, 2.24) is 19.1 Å². The van der Waals surface area contributed by atoms with Gasteiger partial charge in [-0.1, -0.05) is 47.5 Å². The van der Waals surface area contributed by atoms with Crippen molar-refractivity contribution in [3.63, 3.8) is 0 Å². The number of nitrogens with one attached hydrogen (secondary N) is 2. The number of para-hydroxylation sites is 1. The lowest BCUT2D eigenvalue weighted by Crippen LogP contribution is -2.35. The van der Waals surface area contributed by atoms with Gasteiger partial charge in [0.15, 0.2) is 11.7 Å². The maximum absolute atomic E-state index is 14.0. The fourth-order valence-electron chi connectivity index (χ4n) is 4.52. The van der Waals surface area contributed by atoms with Gasteiger partial charge in [0.1, 0.15) is 11.5 Å². The average molecular weight is 565 g/mol. The van der Waals surface area contributed by atoms with Crippen LogP contribution in [0.1, 0.15) is 40.3 Å². The Kier molecular flexibility index (Phi) is 6.52. The molecule has 0 saturated carbocycles. The minimum atomic E-state index is -4.63. The summed E-state index contributed by atoms with van der Waals surface area (Å²) in [7, 11) is 1.66. The van der Waals surface area contributed by atoms with Crippen LogP contribution in [0.5, 0.6) is 0 Å². The SMILES string of the molecule is Cc1c(NC(=O)c2cc3n(n2)[C@H](C(F)(F)F)C[C@H](c2ccc(Cl)c(Cl)c2)N3)c(=O)n(-c2ccccc2)n1C. The number of hydrogen-bond acceptors (Lipinski definition) is 4. The van der Waals surface area contributed by atoms with E-state index in [1.54, 1.807) is 49.0 Å². The van der Waals surface area contributed by atoms with Crippen molar-refractivity contribution in [2.75, 3.05) is 10.6 Å². The van der Waals surface area contributed by atoms with Crippen LogP contribution in [0.25, 0.3) is 5.69 Å². The molecule has 0 bridgehead atoms. The topological polar surface area (TPSA) is 85.9 Å². The van der Waals surface area contributed by atoms with Crippen molar-refractivity contribution in [1.29, 1.82) is 0 Å². The van der Waals surface area contributed by atoms with Gasteiger partial charge < -0.3 is 10.6 Å². The van der Waals surface area contributed by atoms with E-state index in [-0.39, 0.29) is 33.7 Å². The third-order valence-corrected chi connectivity index (χ3v) is 7.30. The van der Waals surface area contributed by atoms with Gasteiger partial charge in [-0.3, -0.25) is 14.3 Å². The van der Waals surface area contributed by atoms with Crippen molar-refractivity contribution in [3.8, 4) is 5.69 Å². The first-order valence-corrected chi connectivity index (χ1v) is 12.2. The Morgan fingerprint density at radius 1 is 1.11 bits per heavy atom. The lowest BCUT2D eigenvalue weighted by Gasteiger charge is -2.33. The minimum absolute atomic E-state index is 0.00124. The molecule has 0 fully saturated rings. The van der Waals surface area contributed by atoms with Crippen LogP contribution in [0.4, 0.5) is 24.7 Å². The summed E-state index contributed by atoms with van der Waals surface area (Å²) in [6.07, 6.45) is -5.01. The number of amides is 1. The Labute approximate surface area is 224 Å². The molecule has 8 nitrogen and oxygen atoms in total. The van der Waals surface area contributed by atoms with Crippen molar-refractivity contribution in [2.45, 2.75) is 31.6 Å². The van der Waals surface area contributed by atoms with Gasteiger partial charge in [0.2, 0.25) is 0 Å². The molecular weight excluding hydrogens is 544 g/mol. The zero-order valence-corrected chi connectivity index (χ0v) is 21.6. The Hall–Kier alpha value is -3.70. The summed E-state index contributed by atoms with van der Waals surface area (Å²) >= 11 is 12.0. The first kappa shape index (κ1) is 25.9. The van der Waals surface area contributed by atoms with Gasteiger partial charge in [-0.15, -0.1) is 0 Å². The molecule has 2 aromatic carbocycles. The quantitative estimate of drug-likeness (QED) is 0.323. The predicted molar refractivity (Wildman–Crippen MR) is 138 cm³/mol. The summed E-state index contributed by atoms with van der Waals surface area (Å²) < 4.78 is 45.8. The summed E-state index contributed by atoms with van der Waals surface area (Å²) in [5, 5.41) is 10.0. The Morgan fingerprint density at radius 2 is 1.82 bits per heavy atom. The van der Waals surface area contributed by atoms with Crippen LogP contribution in [-0.2, 0) is 7.05 Å².